The van der Waals surface area contributed by atoms with Crippen LogP contribution in [-0.4, -0.2) is 4.98 Å². The first-order chi connectivity index (χ1) is 5.66. The average Bonchev–Trinajstić information content (AvgIpc) is 2.04. The molecule has 0 aliphatic carbocycles. The Morgan fingerprint density at radius 2 is 2.33 bits per heavy atom. The van der Waals surface area contributed by atoms with E-state index in [-0.39, 0.29) is 11.5 Å². The van der Waals surface area contributed by atoms with Gasteiger partial charge in [-0.15, -0.1) is 6.42 Å². The first-order valence-electron chi connectivity index (χ1n) is 3.60. The van der Waals surface area contributed by atoms with Crippen molar-refractivity contribution in [2.75, 3.05) is 0 Å². The van der Waals surface area contributed by atoms with E-state index in [4.69, 9.17) is 12.2 Å². The topological polar surface area (TPSA) is 58.9 Å². The van der Waals surface area contributed by atoms with Gasteiger partial charge in [-0.3, -0.25) is 4.79 Å². The molecule has 3 heteroatoms. The minimum absolute atomic E-state index is 0.161. The summed E-state index contributed by atoms with van der Waals surface area (Å²) in [6.07, 6.45) is 8.18. The van der Waals surface area contributed by atoms with Crippen LogP contribution in [-0.2, 0) is 0 Å². The van der Waals surface area contributed by atoms with Crippen molar-refractivity contribution in [3.05, 3.63) is 33.7 Å². The number of terminal acetylenes is 1. The number of hydrogen-bond acceptors (Lipinski definition) is 2. The minimum atomic E-state index is -0.290. The molecular weight excluding hydrogens is 152 g/mol. The van der Waals surface area contributed by atoms with Gasteiger partial charge in [0.1, 0.15) is 0 Å². The Morgan fingerprint density at radius 3 is 2.83 bits per heavy atom. The number of H-pyrrole nitrogens is 1. The molecule has 0 amide bonds. The molecule has 1 aromatic heterocycles. The molecule has 12 heavy (non-hydrogen) atoms. The summed E-state index contributed by atoms with van der Waals surface area (Å²) in [4.78, 5) is 14.2. The highest BCUT2D eigenvalue weighted by Gasteiger charge is 2.06. The normalized spacial score (nSPS) is 12.1. The maximum absolute atomic E-state index is 11.4. The zero-order valence-corrected chi connectivity index (χ0v) is 6.79. The van der Waals surface area contributed by atoms with Crippen LogP contribution in [0.1, 0.15) is 24.1 Å². The number of nitrogens with two attached hydrogens (primary N) is 1. The number of nitrogens with one attached hydrogen (secondary N) is 1. The third-order valence-corrected chi connectivity index (χ3v) is 1.62. The third-order valence-electron chi connectivity index (χ3n) is 1.62. The van der Waals surface area contributed by atoms with Crippen molar-refractivity contribution in [3.63, 3.8) is 0 Å². The van der Waals surface area contributed by atoms with Gasteiger partial charge in [-0.1, -0.05) is 5.92 Å². The van der Waals surface area contributed by atoms with E-state index in [0.717, 1.165) is 0 Å². The van der Waals surface area contributed by atoms with E-state index in [0.29, 0.717) is 11.1 Å². The van der Waals surface area contributed by atoms with Crippen molar-refractivity contribution in [3.8, 4) is 12.3 Å². The van der Waals surface area contributed by atoms with E-state index in [1.54, 1.807) is 13.1 Å². The van der Waals surface area contributed by atoms with E-state index >= 15 is 0 Å². The lowest BCUT2D eigenvalue weighted by atomic mass is 10.1. The lowest BCUT2D eigenvalue weighted by Crippen LogP contribution is -2.19. The average molecular weight is 162 g/mol. The van der Waals surface area contributed by atoms with Crippen molar-refractivity contribution < 1.29 is 0 Å². The van der Waals surface area contributed by atoms with E-state index in [2.05, 4.69) is 10.9 Å². The zero-order chi connectivity index (χ0) is 9.14. The molecule has 62 valence electrons. The van der Waals surface area contributed by atoms with Crippen LogP contribution in [0.3, 0.4) is 0 Å². The molecule has 0 aromatic carbocycles. The molecule has 1 rings (SSSR count). The van der Waals surface area contributed by atoms with Gasteiger partial charge in [0, 0.05) is 24.0 Å². The van der Waals surface area contributed by atoms with Crippen molar-refractivity contribution in [2.45, 2.75) is 13.0 Å². The summed E-state index contributed by atoms with van der Waals surface area (Å²) in [6, 6.07) is -0.290. The Hall–Kier alpha value is -1.53. The Kier molecular flexibility index (Phi) is 2.32. The lowest BCUT2D eigenvalue weighted by molar-refractivity contribution is 0.802. The van der Waals surface area contributed by atoms with Crippen LogP contribution in [0, 0.1) is 12.3 Å². The first kappa shape index (κ1) is 8.57. The summed E-state index contributed by atoms with van der Waals surface area (Å²) in [5.74, 6) is 2.29. The van der Waals surface area contributed by atoms with Gasteiger partial charge in [0.05, 0.1) is 5.56 Å². The highest BCUT2D eigenvalue weighted by atomic mass is 16.1. The van der Waals surface area contributed by atoms with Crippen molar-refractivity contribution in [2.24, 2.45) is 5.73 Å². The van der Waals surface area contributed by atoms with Gasteiger partial charge in [0.2, 0.25) is 5.43 Å². The van der Waals surface area contributed by atoms with Gasteiger partial charge in [0.15, 0.2) is 0 Å². The fourth-order valence-corrected chi connectivity index (χ4v) is 0.947. The van der Waals surface area contributed by atoms with Gasteiger partial charge in [0.25, 0.3) is 0 Å². The van der Waals surface area contributed by atoms with Crippen LogP contribution in [0.5, 0.6) is 0 Å². The maximum atomic E-state index is 11.4. The predicted octanol–water partition coefficient (Wildman–Crippen LogP) is 0.376. The highest BCUT2D eigenvalue weighted by Crippen LogP contribution is 2.01. The highest BCUT2D eigenvalue weighted by molar-refractivity contribution is 5.33. The third kappa shape index (κ3) is 1.39. The summed E-state index contributed by atoms with van der Waals surface area (Å²) in [6.45, 7) is 1.74. The molecule has 0 aliphatic heterocycles. The Labute approximate surface area is 70.6 Å². The summed E-state index contributed by atoms with van der Waals surface area (Å²) in [5, 5.41) is 0. The van der Waals surface area contributed by atoms with Crippen molar-refractivity contribution >= 4 is 0 Å². The molecule has 0 spiro atoms. The number of hydrogen-bond donors (Lipinski definition) is 2. The van der Waals surface area contributed by atoms with Crippen LogP contribution in [0.2, 0.25) is 0 Å². The molecule has 0 saturated heterocycles. The molecule has 1 heterocycles. The zero-order valence-electron chi connectivity index (χ0n) is 6.79. The number of aromatic amines is 1. The van der Waals surface area contributed by atoms with Crippen LogP contribution in [0.4, 0.5) is 0 Å². The van der Waals surface area contributed by atoms with Crippen LogP contribution in [0.15, 0.2) is 17.2 Å². The molecule has 0 bridgehead atoms. The fourth-order valence-electron chi connectivity index (χ4n) is 0.947. The Bertz CT molecular complexity index is 371. The number of rotatable bonds is 1. The van der Waals surface area contributed by atoms with Crippen molar-refractivity contribution in [1.82, 2.24) is 4.98 Å². The summed E-state index contributed by atoms with van der Waals surface area (Å²) in [7, 11) is 0. The number of pyridine rings is 1. The van der Waals surface area contributed by atoms with E-state index in [9.17, 15) is 4.79 Å². The molecule has 1 atom stereocenters. The maximum Gasteiger partial charge on any atom is 0.201 e. The Morgan fingerprint density at radius 1 is 1.67 bits per heavy atom. The molecule has 0 saturated carbocycles. The lowest BCUT2D eigenvalue weighted by Gasteiger charge is -2.03. The van der Waals surface area contributed by atoms with Gasteiger partial charge in [-0.25, -0.2) is 0 Å². The van der Waals surface area contributed by atoms with E-state index < -0.39 is 0 Å². The molecular formula is C9H10N2O. The second kappa shape index (κ2) is 3.24. The monoisotopic (exact) mass is 162 g/mol. The standard InChI is InChI=1S/C9H10N2O/c1-3-7-4-11-5-8(6(2)10)9(7)12/h1,4-6H,10H2,2H3,(H,11,12)/t6-/m1/s1. The first-order valence-corrected chi connectivity index (χ1v) is 3.60. The van der Waals surface area contributed by atoms with E-state index in [1.807, 2.05) is 0 Å². The van der Waals surface area contributed by atoms with Gasteiger partial charge >= 0.3 is 0 Å². The summed E-state index contributed by atoms with van der Waals surface area (Å²) >= 11 is 0. The molecule has 3 N–H and O–H groups in total. The fraction of sp³-hybridized carbons (Fsp3) is 0.222. The predicted molar refractivity (Wildman–Crippen MR) is 47.6 cm³/mol. The molecule has 3 nitrogen and oxygen atoms in total. The quantitative estimate of drug-likeness (QED) is 0.586. The van der Waals surface area contributed by atoms with Crippen LogP contribution in [0.25, 0.3) is 0 Å². The minimum Gasteiger partial charge on any atom is -0.366 e. The second-order valence-corrected chi connectivity index (χ2v) is 2.59. The van der Waals surface area contributed by atoms with Crippen LogP contribution >= 0.6 is 0 Å². The van der Waals surface area contributed by atoms with E-state index in [1.165, 1.54) is 6.20 Å². The summed E-state index contributed by atoms with van der Waals surface area (Å²) < 4.78 is 0. The molecule has 0 aliphatic rings. The summed E-state index contributed by atoms with van der Waals surface area (Å²) in [5.41, 5.74) is 6.23. The van der Waals surface area contributed by atoms with Crippen molar-refractivity contribution in [1.29, 1.82) is 0 Å². The smallest absolute Gasteiger partial charge is 0.201 e. The van der Waals surface area contributed by atoms with Gasteiger partial charge < -0.3 is 10.7 Å². The molecule has 0 fully saturated rings. The molecule has 1 aromatic rings. The second-order valence-electron chi connectivity index (χ2n) is 2.59. The largest absolute Gasteiger partial charge is 0.366 e. The molecule has 0 unspecified atom stereocenters. The SMILES string of the molecule is C#Cc1c[nH]cc([C@@H](C)N)c1=O. The van der Waals surface area contributed by atoms with Crippen LogP contribution < -0.4 is 11.2 Å². The Balaban J connectivity index is 3.36. The molecule has 0 radical (unpaired) electrons. The van der Waals surface area contributed by atoms with Gasteiger partial charge in [-0.2, -0.15) is 0 Å². The number of aromatic nitrogens is 1. The van der Waals surface area contributed by atoms with Gasteiger partial charge in [-0.05, 0) is 6.92 Å².